The average molecular weight is 319 g/mol. The molecule has 0 aliphatic carbocycles. The van der Waals surface area contributed by atoms with Crippen molar-refractivity contribution in [1.82, 2.24) is 15.3 Å². The maximum Gasteiger partial charge on any atom is 0.325 e. The van der Waals surface area contributed by atoms with Crippen molar-refractivity contribution >= 4 is 18.3 Å². The number of hydrogen-bond acceptors (Lipinski definition) is 4. The molecule has 4 amide bonds. The number of amides is 4. The molecule has 1 aromatic carbocycles. The van der Waals surface area contributed by atoms with Crippen LogP contribution in [0.3, 0.4) is 0 Å². The lowest BCUT2D eigenvalue weighted by Crippen LogP contribution is -2.54. The molecule has 2 N–H and O–H groups in total. The van der Waals surface area contributed by atoms with E-state index in [2.05, 4.69) is 5.32 Å². The Balaban J connectivity index is 2.22. The molecule has 1 aliphatic heterocycles. The minimum atomic E-state index is -1.27. The van der Waals surface area contributed by atoms with Gasteiger partial charge in [0.25, 0.3) is 5.91 Å². The van der Waals surface area contributed by atoms with Crippen molar-refractivity contribution in [3.05, 3.63) is 35.9 Å². The Morgan fingerprint density at radius 3 is 2.61 bits per heavy atom. The zero-order valence-corrected chi connectivity index (χ0v) is 13.1. The van der Waals surface area contributed by atoms with Gasteiger partial charge in [-0.1, -0.05) is 50.1 Å². The largest absolute Gasteiger partial charge is 0.325 e. The van der Waals surface area contributed by atoms with Crippen molar-refractivity contribution in [3.63, 3.8) is 0 Å². The third kappa shape index (κ3) is 3.68. The quantitative estimate of drug-likeness (QED) is 0.329. The Hall–Kier alpha value is -2.41. The van der Waals surface area contributed by atoms with Crippen LogP contribution in [-0.2, 0) is 16.1 Å². The van der Waals surface area contributed by atoms with Crippen LogP contribution >= 0.6 is 0 Å². The van der Waals surface area contributed by atoms with Crippen LogP contribution in [0.15, 0.2) is 30.3 Å². The molecule has 124 valence electrons. The highest BCUT2D eigenvalue weighted by Gasteiger charge is 2.51. The Bertz CT molecular complexity index is 578. The highest BCUT2D eigenvalue weighted by atomic mass is 16.5. The Morgan fingerprint density at radius 1 is 1.30 bits per heavy atom. The van der Waals surface area contributed by atoms with Gasteiger partial charge in [-0.3, -0.25) is 19.7 Å². The van der Waals surface area contributed by atoms with Gasteiger partial charge in [-0.2, -0.15) is 0 Å². The molecule has 0 radical (unpaired) electrons. The van der Waals surface area contributed by atoms with Crippen LogP contribution in [0.1, 0.15) is 31.7 Å². The van der Waals surface area contributed by atoms with Crippen LogP contribution < -0.4 is 5.32 Å². The van der Waals surface area contributed by atoms with E-state index in [1.165, 1.54) is 0 Å². The van der Waals surface area contributed by atoms with Gasteiger partial charge in [0.05, 0.1) is 13.1 Å². The van der Waals surface area contributed by atoms with Crippen molar-refractivity contribution in [2.45, 2.75) is 38.3 Å². The zero-order valence-electron chi connectivity index (χ0n) is 13.1. The first-order valence-electron chi connectivity index (χ1n) is 7.61. The second-order valence-corrected chi connectivity index (χ2v) is 5.70. The van der Waals surface area contributed by atoms with Crippen molar-refractivity contribution in [2.75, 3.05) is 6.54 Å². The Kier molecular flexibility index (Phi) is 5.33. The van der Waals surface area contributed by atoms with E-state index in [4.69, 9.17) is 0 Å². The lowest BCUT2D eigenvalue weighted by molar-refractivity contribution is -0.157. The average Bonchev–Trinajstić information content (AvgIpc) is 2.78. The number of hydroxylamine groups is 2. The highest BCUT2D eigenvalue weighted by molar-refractivity contribution is 6.07. The topological polar surface area (TPSA) is 89.9 Å². The summed E-state index contributed by atoms with van der Waals surface area (Å²) >= 11 is 0. The Morgan fingerprint density at radius 2 is 2.00 bits per heavy atom. The Labute approximate surface area is 134 Å². The van der Waals surface area contributed by atoms with E-state index in [0.717, 1.165) is 16.9 Å². The van der Waals surface area contributed by atoms with Gasteiger partial charge in [-0.15, -0.1) is 0 Å². The fourth-order valence-electron chi connectivity index (χ4n) is 2.73. The van der Waals surface area contributed by atoms with Crippen LogP contribution in [0.25, 0.3) is 0 Å². The molecule has 0 bridgehead atoms. The first-order valence-corrected chi connectivity index (χ1v) is 7.61. The van der Waals surface area contributed by atoms with E-state index in [-0.39, 0.29) is 19.5 Å². The summed E-state index contributed by atoms with van der Waals surface area (Å²) in [5.74, 6) is -0.416. The summed E-state index contributed by atoms with van der Waals surface area (Å²) < 4.78 is 0. The van der Waals surface area contributed by atoms with Gasteiger partial charge in [0.1, 0.15) is 5.54 Å². The molecule has 0 saturated carbocycles. The lowest BCUT2D eigenvalue weighted by Gasteiger charge is -2.28. The van der Waals surface area contributed by atoms with Gasteiger partial charge < -0.3 is 5.32 Å². The molecule has 7 nitrogen and oxygen atoms in total. The monoisotopic (exact) mass is 319 g/mol. The SMILES string of the molecule is CCCCC1(CN(O)C=O)NC(=O)N(Cc2ccccc2)C1=O. The molecular formula is C16H21N3O4. The van der Waals surface area contributed by atoms with Crippen LogP contribution in [0, 0.1) is 0 Å². The molecule has 1 heterocycles. The molecule has 0 spiro atoms. The van der Waals surface area contributed by atoms with Crippen LogP contribution in [0.5, 0.6) is 0 Å². The van der Waals surface area contributed by atoms with Gasteiger partial charge in [-0.05, 0) is 12.0 Å². The number of nitrogens with zero attached hydrogens (tertiary/aromatic N) is 2. The standard InChI is InChI=1S/C16H21N3O4/c1-2-3-9-16(11-18(23)12-20)14(21)19(15(22)17-16)10-13-7-5-4-6-8-13/h4-8,12,23H,2-3,9-11H2,1H3,(H,17,22). The molecular weight excluding hydrogens is 298 g/mol. The number of unbranched alkanes of at least 4 members (excludes halogenated alkanes) is 1. The molecule has 1 unspecified atom stereocenters. The summed E-state index contributed by atoms with van der Waals surface area (Å²) in [5, 5.41) is 12.6. The van der Waals surface area contributed by atoms with Gasteiger partial charge in [0, 0.05) is 0 Å². The lowest BCUT2D eigenvalue weighted by atomic mass is 9.92. The third-order valence-corrected chi connectivity index (χ3v) is 3.94. The molecule has 1 fully saturated rings. The van der Waals surface area contributed by atoms with E-state index in [1.54, 1.807) is 0 Å². The summed E-state index contributed by atoms with van der Waals surface area (Å²) in [4.78, 5) is 36.9. The summed E-state index contributed by atoms with van der Waals surface area (Å²) in [6.45, 7) is 1.87. The molecule has 1 aromatic rings. The van der Waals surface area contributed by atoms with Crippen molar-refractivity contribution < 1.29 is 19.6 Å². The predicted octanol–water partition coefficient (Wildman–Crippen LogP) is 1.51. The van der Waals surface area contributed by atoms with Crippen molar-refractivity contribution in [1.29, 1.82) is 0 Å². The summed E-state index contributed by atoms with van der Waals surface area (Å²) in [6.07, 6.45) is 2.12. The predicted molar refractivity (Wildman–Crippen MR) is 82.3 cm³/mol. The second-order valence-electron chi connectivity index (χ2n) is 5.70. The van der Waals surface area contributed by atoms with Crippen molar-refractivity contribution in [3.8, 4) is 0 Å². The molecule has 0 aromatic heterocycles. The minimum absolute atomic E-state index is 0.159. The van der Waals surface area contributed by atoms with Gasteiger partial charge in [0.15, 0.2) is 0 Å². The number of benzene rings is 1. The molecule has 1 aliphatic rings. The van der Waals surface area contributed by atoms with E-state index < -0.39 is 17.5 Å². The normalized spacial score (nSPS) is 20.5. The van der Waals surface area contributed by atoms with Crippen LogP contribution in [-0.4, -0.2) is 45.6 Å². The smallest absolute Gasteiger partial charge is 0.321 e. The zero-order chi connectivity index (χ0) is 16.9. The number of hydrogen-bond donors (Lipinski definition) is 2. The molecule has 1 atom stereocenters. The molecule has 7 heteroatoms. The van der Waals surface area contributed by atoms with E-state index in [1.807, 2.05) is 37.3 Å². The summed E-state index contributed by atoms with van der Waals surface area (Å²) in [5.41, 5.74) is -0.434. The van der Waals surface area contributed by atoms with E-state index in [9.17, 15) is 19.6 Å². The fraction of sp³-hybridized carbons (Fsp3) is 0.438. The number of urea groups is 1. The number of rotatable bonds is 8. The first-order chi connectivity index (χ1) is 11.0. The number of carbonyl (C=O) groups is 3. The van der Waals surface area contributed by atoms with E-state index in [0.29, 0.717) is 17.9 Å². The fourth-order valence-corrected chi connectivity index (χ4v) is 2.73. The summed E-state index contributed by atoms with van der Waals surface area (Å²) in [7, 11) is 0. The molecule has 1 saturated heterocycles. The maximum absolute atomic E-state index is 12.8. The van der Waals surface area contributed by atoms with Gasteiger partial charge >= 0.3 is 6.03 Å². The highest BCUT2D eigenvalue weighted by Crippen LogP contribution is 2.26. The molecule has 2 rings (SSSR count). The minimum Gasteiger partial charge on any atom is -0.321 e. The van der Waals surface area contributed by atoms with Gasteiger partial charge in [-0.25, -0.2) is 9.86 Å². The molecule has 23 heavy (non-hydrogen) atoms. The second kappa shape index (κ2) is 7.23. The number of carbonyl (C=O) groups excluding carboxylic acids is 3. The van der Waals surface area contributed by atoms with E-state index >= 15 is 0 Å². The maximum atomic E-state index is 12.8. The van der Waals surface area contributed by atoms with Crippen molar-refractivity contribution in [2.24, 2.45) is 0 Å². The third-order valence-electron chi connectivity index (χ3n) is 3.94. The van der Waals surface area contributed by atoms with Crippen LogP contribution in [0.2, 0.25) is 0 Å². The van der Waals surface area contributed by atoms with Crippen LogP contribution in [0.4, 0.5) is 4.79 Å². The number of imide groups is 1. The number of nitrogens with one attached hydrogen (secondary N) is 1. The van der Waals surface area contributed by atoms with Gasteiger partial charge in [0.2, 0.25) is 6.41 Å². The first kappa shape index (κ1) is 17.0. The summed E-state index contributed by atoms with van der Waals surface area (Å²) in [6, 6.07) is 8.68.